The number of hydrogen-bond acceptors (Lipinski definition) is 5. The fourth-order valence-electron chi connectivity index (χ4n) is 2.36. The van der Waals surface area contributed by atoms with E-state index in [2.05, 4.69) is 4.74 Å². The van der Waals surface area contributed by atoms with Crippen molar-refractivity contribution in [3.8, 4) is 0 Å². The van der Waals surface area contributed by atoms with Gasteiger partial charge < -0.3 is 9.64 Å². The molecule has 1 fully saturated rings. The van der Waals surface area contributed by atoms with Gasteiger partial charge in [0.25, 0.3) is 0 Å². The molecule has 1 rings (SSSR count). The highest BCUT2D eigenvalue weighted by molar-refractivity contribution is 7.91. The Morgan fingerprint density at radius 1 is 1.42 bits per heavy atom. The molecule has 2 atom stereocenters. The molecular formula is C12H21NO5S. The first-order valence-electron chi connectivity index (χ1n) is 6.41. The lowest BCUT2D eigenvalue weighted by atomic mass is 10.1. The largest absolute Gasteiger partial charge is 0.467 e. The minimum absolute atomic E-state index is 0.0657. The van der Waals surface area contributed by atoms with E-state index < -0.39 is 27.9 Å². The lowest BCUT2D eigenvalue weighted by Gasteiger charge is -2.32. The van der Waals surface area contributed by atoms with Crippen LogP contribution in [0.15, 0.2) is 0 Å². The first-order chi connectivity index (χ1) is 8.82. The predicted molar refractivity (Wildman–Crippen MR) is 70.3 cm³/mol. The van der Waals surface area contributed by atoms with Gasteiger partial charge in [0.1, 0.15) is 6.04 Å². The fraction of sp³-hybridized carbons (Fsp3) is 0.833. The molecule has 1 aliphatic heterocycles. The summed E-state index contributed by atoms with van der Waals surface area (Å²) in [5, 5.41) is 0. The van der Waals surface area contributed by atoms with Crippen LogP contribution < -0.4 is 0 Å². The van der Waals surface area contributed by atoms with Gasteiger partial charge in [0.2, 0.25) is 5.91 Å². The molecule has 6 nitrogen and oxygen atoms in total. The van der Waals surface area contributed by atoms with Crippen molar-refractivity contribution < 1.29 is 22.7 Å². The van der Waals surface area contributed by atoms with Crippen LogP contribution in [0.25, 0.3) is 0 Å². The summed E-state index contributed by atoms with van der Waals surface area (Å²) in [6.45, 7) is 3.44. The van der Waals surface area contributed by atoms with E-state index in [1.165, 1.54) is 12.0 Å². The van der Waals surface area contributed by atoms with Crippen LogP contribution in [0.4, 0.5) is 0 Å². The number of carbonyl (C=O) groups is 2. The van der Waals surface area contributed by atoms with Gasteiger partial charge in [0.05, 0.1) is 18.6 Å². The van der Waals surface area contributed by atoms with E-state index in [9.17, 15) is 18.0 Å². The number of methoxy groups -OCH3 is 1. The van der Waals surface area contributed by atoms with Crippen molar-refractivity contribution in [3.63, 3.8) is 0 Å². The number of rotatable bonds is 5. The van der Waals surface area contributed by atoms with E-state index in [0.29, 0.717) is 19.3 Å². The van der Waals surface area contributed by atoms with E-state index in [0.717, 1.165) is 0 Å². The Morgan fingerprint density at radius 2 is 2.05 bits per heavy atom. The van der Waals surface area contributed by atoms with Crippen molar-refractivity contribution in [3.05, 3.63) is 0 Å². The highest BCUT2D eigenvalue weighted by atomic mass is 32.2. The highest BCUT2D eigenvalue weighted by Crippen LogP contribution is 2.21. The molecule has 1 saturated heterocycles. The van der Waals surface area contributed by atoms with E-state index in [1.54, 1.807) is 6.92 Å². The Bertz CT molecular complexity index is 445. The van der Waals surface area contributed by atoms with Gasteiger partial charge in [-0.15, -0.1) is 0 Å². The lowest BCUT2D eigenvalue weighted by molar-refractivity contribution is -0.153. The molecule has 7 heteroatoms. The zero-order chi connectivity index (χ0) is 14.6. The third-order valence-electron chi connectivity index (χ3n) is 3.31. The van der Waals surface area contributed by atoms with Crippen molar-refractivity contribution in [2.75, 3.05) is 18.6 Å². The zero-order valence-corrected chi connectivity index (χ0v) is 12.4. The van der Waals surface area contributed by atoms with Crippen LogP contribution in [0.2, 0.25) is 0 Å². The van der Waals surface area contributed by atoms with Gasteiger partial charge in [-0.2, -0.15) is 0 Å². The Morgan fingerprint density at radius 3 is 2.47 bits per heavy atom. The predicted octanol–water partition coefficient (Wildman–Crippen LogP) is 0.364. The summed E-state index contributed by atoms with van der Waals surface area (Å²) in [4.78, 5) is 25.1. The molecule has 0 radical (unpaired) electrons. The van der Waals surface area contributed by atoms with Crippen LogP contribution in [0, 0.1) is 0 Å². The van der Waals surface area contributed by atoms with Crippen LogP contribution in [-0.2, 0) is 24.2 Å². The van der Waals surface area contributed by atoms with Crippen LogP contribution in [0.5, 0.6) is 0 Å². The standard InChI is InChI=1S/C12H21NO5S/c1-4-5-11(14)13(9(2)12(15)18-3)10-6-7-19(16,17)8-10/h9-10H,4-8H2,1-3H3/t9-,10+/m1/s1. The van der Waals surface area contributed by atoms with Crippen molar-refractivity contribution in [2.45, 2.75) is 45.2 Å². The summed E-state index contributed by atoms with van der Waals surface area (Å²) in [7, 11) is -1.84. The summed E-state index contributed by atoms with van der Waals surface area (Å²) in [5.41, 5.74) is 0. The van der Waals surface area contributed by atoms with Crippen molar-refractivity contribution in [1.29, 1.82) is 0 Å². The molecule has 0 aromatic carbocycles. The number of nitrogens with zero attached hydrogens (tertiary/aromatic N) is 1. The topological polar surface area (TPSA) is 80.8 Å². The van der Waals surface area contributed by atoms with Crippen molar-refractivity contribution >= 4 is 21.7 Å². The third kappa shape index (κ3) is 3.92. The second-order valence-electron chi connectivity index (χ2n) is 4.81. The van der Waals surface area contributed by atoms with Gasteiger partial charge in [0, 0.05) is 12.5 Å². The van der Waals surface area contributed by atoms with Gasteiger partial charge >= 0.3 is 5.97 Å². The quantitative estimate of drug-likeness (QED) is 0.683. The molecule has 110 valence electrons. The minimum Gasteiger partial charge on any atom is -0.467 e. The molecule has 19 heavy (non-hydrogen) atoms. The number of hydrogen-bond donors (Lipinski definition) is 0. The van der Waals surface area contributed by atoms with Crippen LogP contribution in [-0.4, -0.2) is 55.9 Å². The number of ether oxygens (including phenoxy) is 1. The maximum atomic E-state index is 12.1. The van der Waals surface area contributed by atoms with E-state index in [4.69, 9.17) is 0 Å². The highest BCUT2D eigenvalue weighted by Gasteiger charge is 2.38. The molecule has 0 bridgehead atoms. The first kappa shape index (κ1) is 15.9. The van der Waals surface area contributed by atoms with Crippen LogP contribution in [0.1, 0.15) is 33.1 Å². The fourth-order valence-corrected chi connectivity index (χ4v) is 4.07. The normalized spacial score (nSPS) is 22.8. The smallest absolute Gasteiger partial charge is 0.328 e. The second kappa shape index (κ2) is 6.36. The number of carbonyl (C=O) groups excluding carboxylic acids is 2. The summed E-state index contributed by atoms with van der Waals surface area (Å²) in [6, 6.07) is -1.17. The molecule has 1 aliphatic rings. The van der Waals surface area contributed by atoms with Crippen LogP contribution in [0.3, 0.4) is 0 Å². The second-order valence-corrected chi connectivity index (χ2v) is 7.04. The Kier molecular flexibility index (Phi) is 5.34. The molecular weight excluding hydrogens is 270 g/mol. The van der Waals surface area contributed by atoms with Gasteiger partial charge in [-0.1, -0.05) is 6.92 Å². The molecule has 0 saturated carbocycles. The van der Waals surface area contributed by atoms with Crippen molar-refractivity contribution in [1.82, 2.24) is 4.90 Å². The van der Waals surface area contributed by atoms with Crippen molar-refractivity contribution in [2.24, 2.45) is 0 Å². The van der Waals surface area contributed by atoms with E-state index in [1.807, 2.05) is 6.92 Å². The zero-order valence-electron chi connectivity index (χ0n) is 11.6. The molecule has 1 amide bonds. The van der Waals surface area contributed by atoms with Crippen LogP contribution >= 0.6 is 0 Å². The summed E-state index contributed by atoms with van der Waals surface area (Å²) >= 11 is 0. The number of esters is 1. The Balaban J connectivity index is 2.93. The third-order valence-corrected chi connectivity index (χ3v) is 5.06. The minimum atomic E-state index is -3.10. The maximum absolute atomic E-state index is 12.1. The monoisotopic (exact) mass is 291 g/mol. The maximum Gasteiger partial charge on any atom is 0.328 e. The van der Waals surface area contributed by atoms with E-state index >= 15 is 0 Å². The molecule has 0 unspecified atom stereocenters. The SMILES string of the molecule is CCCC(=O)N([C@H]1CCS(=O)(=O)C1)[C@H](C)C(=O)OC. The molecule has 0 spiro atoms. The Labute approximate surface area is 114 Å². The van der Waals surface area contributed by atoms with E-state index in [-0.39, 0.29) is 17.4 Å². The van der Waals surface area contributed by atoms with Gasteiger partial charge in [-0.25, -0.2) is 13.2 Å². The first-order valence-corrected chi connectivity index (χ1v) is 8.24. The molecule has 1 heterocycles. The summed E-state index contributed by atoms with van der Waals surface area (Å²) in [6.07, 6.45) is 1.35. The lowest BCUT2D eigenvalue weighted by Crippen LogP contribution is -2.50. The number of amides is 1. The Hall–Kier alpha value is -1.11. The summed E-state index contributed by atoms with van der Waals surface area (Å²) < 4.78 is 27.7. The van der Waals surface area contributed by atoms with Gasteiger partial charge in [-0.3, -0.25) is 4.79 Å². The average Bonchev–Trinajstić information content (AvgIpc) is 2.69. The average molecular weight is 291 g/mol. The number of sulfone groups is 1. The molecule has 0 aliphatic carbocycles. The summed E-state index contributed by atoms with van der Waals surface area (Å²) in [5.74, 6) is -0.707. The molecule has 0 N–H and O–H groups in total. The molecule has 0 aromatic heterocycles. The van der Waals surface area contributed by atoms with Gasteiger partial charge in [0.15, 0.2) is 9.84 Å². The molecule has 0 aromatic rings. The van der Waals surface area contributed by atoms with Gasteiger partial charge in [-0.05, 0) is 19.8 Å².